The van der Waals surface area contributed by atoms with Gasteiger partial charge < -0.3 is 10.6 Å². The fraction of sp³-hybridized carbons (Fsp3) is 1.00. The maximum Gasteiger partial charge on any atom is 0.0274 e. The summed E-state index contributed by atoms with van der Waals surface area (Å²) >= 11 is 0. The highest BCUT2D eigenvalue weighted by Crippen LogP contribution is 2.31. The first-order chi connectivity index (χ1) is 8.11. The maximum atomic E-state index is 6.40. The van der Waals surface area contributed by atoms with Gasteiger partial charge in [0.1, 0.15) is 0 Å². The van der Waals surface area contributed by atoms with Crippen LogP contribution < -0.4 is 5.73 Å². The van der Waals surface area contributed by atoms with Crippen LogP contribution in [-0.4, -0.2) is 54.6 Å². The second kappa shape index (κ2) is 5.68. The molecule has 0 amide bonds. The van der Waals surface area contributed by atoms with Crippen molar-refractivity contribution in [3.8, 4) is 0 Å². The van der Waals surface area contributed by atoms with Gasteiger partial charge >= 0.3 is 0 Å². The van der Waals surface area contributed by atoms with E-state index in [2.05, 4.69) is 30.6 Å². The van der Waals surface area contributed by atoms with Crippen molar-refractivity contribution in [3.63, 3.8) is 0 Å². The van der Waals surface area contributed by atoms with Gasteiger partial charge in [0.15, 0.2) is 0 Å². The normalized spacial score (nSPS) is 41.6. The molecule has 3 heteroatoms. The summed E-state index contributed by atoms with van der Waals surface area (Å²) in [6.07, 6.45) is 2.56. The Bertz CT molecular complexity index is 224. The minimum atomic E-state index is 0.391. The van der Waals surface area contributed by atoms with E-state index in [1.807, 2.05) is 0 Å². The second-order valence-corrected chi connectivity index (χ2v) is 6.18. The van der Waals surface area contributed by atoms with Crippen LogP contribution in [0.2, 0.25) is 0 Å². The zero-order valence-corrected chi connectivity index (χ0v) is 11.7. The maximum absolute atomic E-state index is 6.40. The summed E-state index contributed by atoms with van der Waals surface area (Å²) in [6.45, 7) is 13.1. The van der Waals surface area contributed by atoms with Crippen LogP contribution in [0, 0.1) is 11.8 Å². The van der Waals surface area contributed by atoms with Gasteiger partial charge in [0.05, 0.1) is 0 Å². The lowest BCUT2D eigenvalue weighted by atomic mass is 9.76. The van der Waals surface area contributed by atoms with Gasteiger partial charge in [-0.05, 0) is 31.2 Å². The zero-order chi connectivity index (χ0) is 12.4. The van der Waals surface area contributed by atoms with Gasteiger partial charge in [-0.3, -0.25) is 4.90 Å². The van der Waals surface area contributed by atoms with Crippen LogP contribution in [-0.2, 0) is 0 Å². The van der Waals surface area contributed by atoms with E-state index < -0.39 is 0 Å². The average molecular weight is 239 g/mol. The lowest BCUT2D eigenvalue weighted by molar-refractivity contribution is 0.0345. The molecule has 3 nitrogen and oxygen atoms in total. The molecule has 4 atom stereocenters. The van der Waals surface area contributed by atoms with Gasteiger partial charge in [-0.25, -0.2) is 0 Å². The van der Waals surface area contributed by atoms with Crippen LogP contribution in [0.1, 0.15) is 33.6 Å². The molecule has 17 heavy (non-hydrogen) atoms. The average Bonchev–Trinajstić information content (AvgIpc) is 2.28. The third-order valence-corrected chi connectivity index (χ3v) is 4.75. The zero-order valence-electron chi connectivity index (χ0n) is 11.7. The number of rotatable bonds is 2. The van der Waals surface area contributed by atoms with Gasteiger partial charge in [-0.2, -0.15) is 0 Å². The molecule has 0 aromatic carbocycles. The summed E-state index contributed by atoms with van der Waals surface area (Å²) in [7, 11) is 0. The first-order valence-electron chi connectivity index (χ1n) is 7.33. The highest BCUT2D eigenvalue weighted by molar-refractivity contribution is 4.93. The van der Waals surface area contributed by atoms with E-state index in [-0.39, 0.29) is 0 Å². The number of hydrogen-bond acceptors (Lipinski definition) is 3. The monoisotopic (exact) mass is 239 g/mol. The van der Waals surface area contributed by atoms with Crippen molar-refractivity contribution in [2.75, 3.05) is 32.7 Å². The predicted molar refractivity (Wildman–Crippen MR) is 73.0 cm³/mol. The molecule has 2 N–H and O–H groups in total. The molecule has 0 aromatic rings. The van der Waals surface area contributed by atoms with Gasteiger partial charge in [-0.15, -0.1) is 0 Å². The number of piperazine rings is 1. The minimum absolute atomic E-state index is 0.391. The Kier molecular flexibility index (Phi) is 4.45. The van der Waals surface area contributed by atoms with Crippen molar-refractivity contribution in [2.45, 2.75) is 45.7 Å². The van der Waals surface area contributed by atoms with E-state index in [0.717, 1.165) is 11.8 Å². The van der Waals surface area contributed by atoms with E-state index in [4.69, 9.17) is 5.73 Å². The second-order valence-electron chi connectivity index (χ2n) is 6.18. The summed E-state index contributed by atoms with van der Waals surface area (Å²) < 4.78 is 0. The highest BCUT2D eigenvalue weighted by Gasteiger charge is 2.36. The van der Waals surface area contributed by atoms with Crippen LogP contribution in [0.3, 0.4) is 0 Å². The molecular weight excluding hydrogens is 210 g/mol. The lowest BCUT2D eigenvalue weighted by Gasteiger charge is -2.47. The van der Waals surface area contributed by atoms with E-state index in [1.165, 1.54) is 45.6 Å². The van der Waals surface area contributed by atoms with Crippen molar-refractivity contribution >= 4 is 0 Å². The number of nitrogens with zero attached hydrogens (tertiary/aromatic N) is 2. The third kappa shape index (κ3) is 3.01. The Balaban J connectivity index is 1.93. The predicted octanol–water partition coefficient (Wildman–Crippen LogP) is 1.39. The topological polar surface area (TPSA) is 32.5 Å². The Morgan fingerprint density at radius 3 is 2.24 bits per heavy atom. The Labute approximate surface area is 106 Å². The fourth-order valence-corrected chi connectivity index (χ4v) is 3.90. The smallest absolute Gasteiger partial charge is 0.0274 e. The molecule has 2 rings (SSSR count). The lowest BCUT2D eigenvalue weighted by Crippen LogP contribution is -2.59. The van der Waals surface area contributed by atoms with Crippen molar-refractivity contribution in [2.24, 2.45) is 17.6 Å². The Morgan fingerprint density at radius 1 is 1.06 bits per heavy atom. The molecule has 0 aromatic heterocycles. The van der Waals surface area contributed by atoms with Gasteiger partial charge in [0, 0.05) is 38.3 Å². The van der Waals surface area contributed by atoms with Crippen LogP contribution in [0.4, 0.5) is 0 Å². The van der Waals surface area contributed by atoms with Crippen LogP contribution in [0.15, 0.2) is 0 Å². The van der Waals surface area contributed by atoms with Crippen LogP contribution >= 0.6 is 0 Å². The van der Waals surface area contributed by atoms with E-state index in [9.17, 15) is 0 Å². The van der Waals surface area contributed by atoms with Crippen LogP contribution in [0.5, 0.6) is 0 Å². The molecule has 2 aliphatic rings. The molecule has 1 heterocycles. The highest BCUT2D eigenvalue weighted by atomic mass is 15.3. The Morgan fingerprint density at radius 2 is 1.71 bits per heavy atom. The molecule has 4 unspecified atom stereocenters. The molecule has 1 aliphatic heterocycles. The summed E-state index contributed by atoms with van der Waals surface area (Å²) in [5.41, 5.74) is 6.40. The van der Waals surface area contributed by atoms with Gasteiger partial charge in [-0.1, -0.05) is 20.8 Å². The third-order valence-electron chi connectivity index (χ3n) is 4.75. The largest absolute Gasteiger partial charge is 0.326 e. The van der Waals surface area contributed by atoms with E-state index in [0.29, 0.717) is 12.1 Å². The molecule has 0 bridgehead atoms. The van der Waals surface area contributed by atoms with Crippen LogP contribution in [0.25, 0.3) is 0 Å². The molecule has 100 valence electrons. The number of likely N-dealkylation sites (N-methyl/N-ethyl adjacent to an activating group) is 1. The summed E-state index contributed by atoms with van der Waals surface area (Å²) in [4.78, 5) is 5.20. The number of nitrogens with two attached hydrogens (primary N) is 1. The molecule has 1 aliphatic carbocycles. The van der Waals surface area contributed by atoms with E-state index >= 15 is 0 Å². The van der Waals surface area contributed by atoms with Gasteiger partial charge in [0.2, 0.25) is 0 Å². The first kappa shape index (κ1) is 13.3. The SMILES string of the molecule is CCN1CCN(C2C(C)CC(C)CC2N)CC1. The molecule has 0 radical (unpaired) electrons. The van der Waals surface area contributed by atoms with Crippen molar-refractivity contribution in [1.29, 1.82) is 0 Å². The number of hydrogen-bond donors (Lipinski definition) is 1. The van der Waals surface area contributed by atoms with Crippen molar-refractivity contribution in [1.82, 2.24) is 9.80 Å². The standard InChI is InChI=1S/C14H29N3/c1-4-16-5-7-17(8-6-16)14-12(3)9-11(2)10-13(14)15/h11-14H,4-10,15H2,1-3H3. The van der Waals surface area contributed by atoms with Crippen molar-refractivity contribution < 1.29 is 0 Å². The molecule has 0 spiro atoms. The molecular formula is C14H29N3. The molecule has 1 saturated heterocycles. The molecule has 1 saturated carbocycles. The summed E-state index contributed by atoms with van der Waals surface area (Å²) in [5.74, 6) is 1.58. The quantitative estimate of drug-likeness (QED) is 0.790. The Hall–Kier alpha value is -0.120. The van der Waals surface area contributed by atoms with Crippen molar-refractivity contribution in [3.05, 3.63) is 0 Å². The summed E-state index contributed by atoms with van der Waals surface area (Å²) in [6, 6.07) is 1.02. The summed E-state index contributed by atoms with van der Waals surface area (Å²) in [5, 5.41) is 0. The van der Waals surface area contributed by atoms with Gasteiger partial charge in [0.25, 0.3) is 0 Å². The first-order valence-corrected chi connectivity index (χ1v) is 7.33. The minimum Gasteiger partial charge on any atom is -0.326 e. The fourth-order valence-electron chi connectivity index (χ4n) is 3.90. The van der Waals surface area contributed by atoms with E-state index in [1.54, 1.807) is 0 Å². The molecule has 2 fully saturated rings.